The van der Waals surface area contributed by atoms with Gasteiger partial charge in [-0.3, -0.25) is 14.9 Å². The maximum absolute atomic E-state index is 12.1. The standard InChI is InChI=1S/C16H15N5O2/c1-10-3-2-4-12(14(10)22)16(23)18-9-13-19-15(21-20-13)11-5-7-17-8-6-11/h2-8,22H,9H2,1H3,(H,18,23)(H,19,20,21). The summed E-state index contributed by atoms with van der Waals surface area (Å²) >= 11 is 0. The van der Waals surface area contributed by atoms with Crippen molar-refractivity contribution in [3.63, 3.8) is 0 Å². The number of aromatic amines is 1. The molecule has 0 atom stereocenters. The molecule has 7 nitrogen and oxygen atoms in total. The van der Waals surface area contributed by atoms with Gasteiger partial charge < -0.3 is 10.4 Å². The van der Waals surface area contributed by atoms with Gasteiger partial charge in [0.1, 0.15) is 11.6 Å². The third-order valence-corrected chi connectivity index (χ3v) is 3.37. The molecule has 0 aliphatic heterocycles. The Morgan fingerprint density at radius 1 is 1.26 bits per heavy atom. The summed E-state index contributed by atoms with van der Waals surface area (Å²) in [5, 5.41) is 19.5. The number of carbonyl (C=O) groups excluding carboxylic acids is 1. The lowest BCUT2D eigenvalue weighted by molar-refractivity contribution is 0.0947. The van der Waals surface area contributed by atoms with Crippen molar-refractivity contribution in [1.82, 2.24) is 25.5 Å². The summed E-state index contributed by atoms with van der Waals surface area (Å²) in [5.74, 6) is 0.681. The van der Waals surface area contributed by atoms with Crippen molar-refractivity contribution in [1.29, 1.82) is 0 Å². The van der Waals surface area contributed by atoms with E-state index in [1.165, 1.54) is 0 Å². The summed E-state index contributed by atoms with van der Waals surface area (Å²) < 4.78 is 0. The molecule has 1 amide bonds. The van der Waals surface area contributed by atoms with E-state index in [1.807, 2.05) is 0 Å². The van der Waals surface area contributed by atoms with E-state index in [0.29, 0.717) is 17.2 Å². The van der Waals surface area contributed by atoms with Crippen molar-refractivity contribution in [2.24, 2.45) is 0 Å². The monoisotopic (exact) mass is 309 g/mol. The van der Waals surface area contributed by atoms with E-state index < -0.39 is 0 Å². The number of hydrogen-bond donors (Lipinski definition) is 3. The first kappa shape index (κ1) is 14.7. The summed E-state index contributed by atoms with van der Waals surface area (Å²) in [6.07, 6.45) is 3.32. The van der Waals surface area contributed by atoms with Crippen LogP contribution in [0, 0.1) is 6.92 Å². The van der Waals surface area contributed by atoms with Gasteiger partial charge >= 0.3 is 0 Å². The second-order valence-electron chi connectivity index (χ2n) is 5.00. The predicted octanol–water partition coefficient (Wildman–Crippen LogP) is 1.81. The fourth-order valence-electron chi connectivity index (χ4n) is 2.11. The molecule has 0 aliphatic carbocycles. The lowest BCUT2D eigenvalue weighted by atomic mass is 10.1. The molecule has 0 saturated heterocycles. The molecule has 116 valence electrons. The number of aromatic nitrogens is 4. The number of nitrogens with one attached hydrogen (secondary N) is 2. The molecule has 7 heteroatoms. The molecule has 23 heavy (non-hydrogen) atoms. The minimum atomic E-state index is -0.368. The van der Waals surface area contributed by atoms with Crippen molar-refractivity contribution in [3.8, 4) is 17.1 Å². The Balaban J connectivity index is 1.68. The Hall–Kier alpha value is -3.22. The number of carbonyl (C=O) groups is 1. The first-order valence-corrected chi connectivity index (χ1v) is 7.03. The zero-order chi connectivity index (χ0) is 16.2. The van der Waals surface area contributed by atoms with Crippen LogP contribution >= 0.6 is 0 Å². The number of amides is 1. The number of aryl methyl sites for hydroxylation is 1. The van der Waals surface area contributed by atoms with Gasteiger partial charge in [-0.05, 0) is 30.7 Å². The molecule has 3 N–H and O–H groups in total. The van der Waals surface area contributed by atoms with Crippen molar-refractivity contribution in [2.45, 2.75) is 13.5 Å². The van der Waals surface area contributed by atoms with Gasteiger partial charge in [-0.2, -0.15) is 5.10 Å². The molecule has 0 spiro atoms. The normalized spacial score (nSPS) is 10.5. The SMILES string of the molecule is Cc1cccc(C(=O)NCc2nc(-c3ccncc3)n[nH]2)c1O. The number of nitrogens with zero attached hydrogens (tertiary/aromatic N) is 3. The zero-order valence-electron chi connectivity index (χ0n) is 12.4. The fourth-order valence-corrected chi connectivity index (χ4v) is 2.11. The minimum Gasteiger partial charge on any atom is -0.507 e. The predicted molar refractivity (Wildman–Crippen MR) is 83.6 cm³/mol. The maximum atomic E-state index is 12.1. The molecule has 3 aromatic rings. The molecule has 0 bridgehead atoms. The number of para-hydroxylation sites is 1. The Bertz CT molecular complexity index is 829. The van der Waals surface area contributed by atoms with E-state index in [0.717, 1.165) is 5.56 Å². The lowest BCUT2D eigenvalue weighted by Crippen LogP contribution is -2.23. The van der Waals surface area contributed by atoms with E-state index in [1.54, 1.807) is 49.6 Å². The molecule has 3 rings (SSSR count). The van der Waals surface area contributed by atoms with Crippen LogP contribution in [0.15, 0.2) is 42.7 Å². The van der Waals surface area contributed by atoms with Gasteiger partial charge in [-0.1, -0.05) is 12.1 Å². The quantitative estimate of drug-likeness (QED) is 0.682. The van der Waals surface area contributed by atoms with Gasteiger partial charge in [0.05, 0.1) is 12.1 Å². The topological polar surface area (TPSA) is 104 Å². The summed E-state index contributed by atoms with van der Waals surface area (Å²) in [4.78, 5) is 20.4. The lowest BCUT2D eigenvalue weighted by Gasteiger charge is -2.07. The number of H-pyrrole nitrogens is 1. The molecular weight excluding hydrogens is 294 g/mol. The van der Waals surface area contributed by atoms with Gasteiger partial charge in [-0.15, -0.1) is 0 Å². The van der Waals surface area contributed by atoms with E-state index in [4.69, 9.17) is 0 Å². The van der Waals surface area contributed by atoms with Gasteiger partial charge in [0, 0.05) is 18.0 Å². The molecule has 0 fully saturated rings. The summed E-state index contributed by atoms with van der Waals surface area (Å²) in [5.41, 5.74) is 1.72. The fraction of sp³-hybridized carbons (Fsp3) is 0.125. The highest BCUT2D eigenvalue weighted by Gasteiger charge is 2.13. The van der Waals surface area contributed by atoms with Crippen LogP contribution in [-0.2, 0) is 6.54 Å². The molecule has 1 aromatic carbocycles. The van der Waals surface area contributed by atoms with Crippen LogP contribution in [0.4, 0.5) is 0 Å². The van der Waals surface area contributed by atoms with Crippen LogP contribution in [0.1, 0.15) is 21.7 Å². The minimum absolute atomic E-state index is 0.0138. The molecular formula is C16H15N5O2. The van der Waals surface area contributed by atoms with Crippen LogP contribution in [-0.4, -0.2) is 31.2 Å². The van der Waals surface area contributed by atoms with E-state index in [2.05, 4.69) is 25.5 Å². The number of benzene rings is 1. The van der Waals surface area contributed by atoms with Crippen molar-refractivity contribution in [2.75, 3.05) is 0 Å². The van der Waals surface area contributed by atoms with Gasteiger partial charge in [0.2, 0.25) is 0 Å². The Labute approximate surface area is 132 Å². The Morgan fingerprint density at radius 3 is 2.83 bits per heavy atom. The first-order valence-electron chi connectivity index (χ1n) is 7.03. The van der Waals surface area contributed by atoms with Crippen molar-refractivity contribution in [3.05, 3.63) is 59.7 Å². The molecule has 2 heterocycles. The Morgan fingerprint density at radius 2 is 2.04 bits per heavy atom. The van der Waals surface area contributed by atoms with Crippen LogP contribution in [0.5, 0.6) is 5.75 Å². The number of hydrogen-bond acceptors (Lipinski definition) is 5. The summed E-state index contributed by atoms with van der Waals surface area (Å²) in [7, 11) is 0. The third-order valence-electron chi connectivity index (χ3n) is 3.37. The average Bonchev–Trinajstić information content (AvgIpc) is 3.05. The third kappa shape index (κ3) is 3.18. The van der Waals surface area contributed by atoms with Crippen LogP contribution in [0.3, 0.4) is 0 Å². The number of aromatic hydroxyl groups is 1. The average molecular weight is 309 g/mol. The van der Waals surface area contributed by atoms with Gasteiger partial charge in [-0.25, -0.2) is 4.98 Å². The molecule has 0 radical (unpaired) electrons. The number of pyridine rings is 1. The number of phenolic OH excluding ortho intramolecular Hbond substituents is 1. The molecule has 0 saturated carbocycles. The maximum Gasteiger partial charge on any atom is 0.255 e. The van der Waals surface area contributed by atoms with Gasteiger partial charge in [0.25, 0.3) is 5.91 Å². The largest absolute Gasteiger partial charge is 0.507 e. The highest BCUT2D eigenvalue weighted by Crippen LogP contribution is 2.21. The van der Waals surface area contributed by atoms with Crippen LogP contribution < -0.4 is 5.32 Å². The van der Waals surface area contributed by atoms with Crippen LogP contribution in [0.25, 0.3) is 11.4 Å². The summed E-state index contributed by atoms with van der Waals surface area (Å²) in [6.45, 7) is 1.92. The molecule has 2 aromatic heterocycles. The first-order chi connectivity index (χ1) is 11.1. The van der Waals surface area contributed by atoms with Crippen LogP contribution in [0.2, 0.25) is 0 Å². The summed E-state index contributed by atoms with van der Waals surface area (Å²) in [6, 6.07) is 8.64. The van der Waals surface area contributed by atoms with Crippen molar-refractivity contribution < 1.29 is 9.90 Å². The zero-order valence-corrected chi connectivity index (χ0v) is 12.4. The van der Waals surface area contributed by atoms with E-state index in [-0.39, 0.29) is 23.8 Å². The second-order valence-corrected chi connectivity index (χ2v) is 5.00. The van der Waals surface area contributed by atoms with Gasteiger partial charge in [0.15, 0.2) is 5.82 Å². The van der Waals surface area contributed by atoms with Crippen molar-refractivity contribution >= 4 is 5.91 Å². The molecule has 0 aliphatic rings. The van der Waals surface area contributed by atoms with E-state index in [9.17, 15) is 9.90 Å². The highest BCUT2D eigenvalue weighted by atomic mass is 16.3. The molecule has 0 unspecified atom stereocenters. The number of phenols is 1. The highest BCUT2D eigenvalue weighted by molar-refractivity contribution is 5.97. The Kier molecular flexibility index (Phi) is 4.01. The smallest absolute Gasteiger partial charge is 0.255 e. The number of rotatable bonds is 4. The second kappa shape index (κ2) is 6.27. The van der Waals surface area contributed by atoms with E-state index >= 15 is 0 Å².